The number of rotatable bonds is 2. The van der Waals surface area contributed by atoms with E-state index in [1.807, 2.05) is 97.1 Å². The standard InChI is InChI=1S/C25H16O2/c26-25-21-13-11-20(18-9-5-2-6-10-18)16-24(21)27-23-14-12-19(15-22(23)25)17-7-3-1-4-8-17/h1-16H. The third kappa shape index (κ3) is 2.72. The van der Waals surface area contributed by atoms with Crippen LogP contribution >= 0.6 is 0 Å². The Morgan fingerprint density at radius 3 is 1.74 bits per heavy atom. The molecule has 0 radical (unpaired) electrons. The lowest BCUT2D eigenvalue weighted by Crippen LogP contribution is -2.02. The summed E-state index contributed by atoms with van der Waals surface area (Å²) in [6.45, 7) is 0. The van der Waals surface area contributed by atoms with Crippen LogP contribution < -0.4 is 5.43 Å². The van der Waals surface area contributed by atoms with Gasteiger partial charge >= 0.3 is 0 Å². The molecule has 4 aromatic carbocycles. The van der Waals surface area contributed by atoms with E-state index in [2.05, 4.69) is 0 Å². The summed E-state index contributed by atoms with van der Waals surface area (Å²) < 4.78 is 6.08. The first-order valence-corrected chi connectivity index (χ1v) is 8.91. The van der Waals surface area contributed by atoms with Crippen LogP contribution in [0.4, 0.5) is 0 Å². The van der Waals surface area contributed by atoms with Crippen molar-refractivity contribution in [1.82, 2.24) is 0 Å². The summed E-state index contributed by atoms with van der Waals surface area (Å²) in [5.41, 5.74) is 5.45. The number of hydrogen-bond acceptors (Lipinski definition) is 2. The first kappa shape index (κ1) is 15.6. The van der Waals surface area contributed by atoms with Gasteiger partial charge in [0.15, 0.2) is 0 Å². The molecule has 0 bridgehead atoms. The molecule has 2 heteroatoms. The van der Waals surface area contributed by atoms with E-state index in [0.717, 1.165) is 22.3 Å². The molecule has 0 spiro atoms. The zero-order valence-electron chi connectivity index (χ0n) is 14.6. The molecule has 0 unspecified atom stereocenters. The Balaban J connectivity index is 1.72. The zero-order valence-corrected chi connectivity index (χ0v) is 14.6. The maximum absolute atomic E-state index is 13.1. The van der Waals surface area contributed by atoms with E-state index in [-0.39, 0.29) is 5.43 Å². The molecular formula is C25H16O2. The van der Waals surface area contributed by atoms with Crippen molar-refractivity contribution in [3.63, 3.8) is 0 Å². The molecule has 1 heterocycles. The van der Waals surface area contributed by atoms with Crippen molar-refractivity contribution in [2.75, 3.05) is 0 Å². The Labute approximate surface area is 156 Å². The van der Waals surface area contributed by atoms with Gasteiger partial charge in [-0.05, 0) is 46.5 Å². The molecule has 0 amide bonds. The lowest BCUT2D eigenvalue weighted by atomic mass is 10.0. The Hall–Kier alpha value is -3.65. The van der Waals surface area contributed by atoms with E-state index in [4.69, 9.17) is 4.42 Å². The second kappa shape index (κ2) is 6.26. The smallest absolute Gasteiger partial charge is 0.200 e. The highest BCUT2D eigenvalue weighted by atomic mass is 16.3. The summed E-state index contributed by atoms with van der Waals surface area (Å²) in [7, 11) is 0. The molecule has 0 N–H and O–H groups in total. The molecule has 0 aliphatic rings. The zero-order chi connectivity index (χ0) is 18.2. The van der Waals surface area contributed by atoms with Crippen LogP contribution in [0.1, 0.15) is 0 Å². The maximum atomic E-state index is 13.1. The highest BCUT2D eigenvalue weighted by Crippen LogP contribution is 2.28. The fourth-order valence-electron chi connectivity index (χ4n) is 3.47. The first-order chi connectivity index (χ1) is 13.3. The minimum atomic E-state index is 0.00337. The minimum absolute atomic E-state index is 0.00337. The van der Waals surface area contributed by atoms with Gasteiger partial charge in [0.1, 0.15) is 11.2 Å². The molecule has 0 saturated carbocycles. The van der Waals surface area contributed by atoms with Gasteiger partial charge in [0.05, 0.1) is 10.8 Å². The van der Waals surface area contributed by atoms with Crippen LogP contribution in [0, 0.1) is 0 Å². The molecular weight excluding hydrogens is 332 g/mol. The second-order valence-corrected chi connectivity index (χ2v) is 6.59. The second-order valence-electron chi connectivity index (χ2n) is 6.59. The largest absolute Gasteiger partial charge is 0.456 e. The Kier molecular flexibility index (Phi) is 3.61. The van der Waals surface area contributed by atoms with Gasteiger partial charge in [-0.2, -0.15) is 0 Å². The molecule has 0 fully saturated rings. The third-order valence-electron chi connectivity index (χ3n) is 4.88. The van der Waals surface area contributed by atoms with Gasteiger partial charge in [0.2, 0.25) is 5.43 Å². The van der Waals surface area contributed by atoms with Crippen LogP contribution in [-0.4, -0.2) is 0 Å². The van der Waals surface area contributed by atoms with Crippen LogP contribution in [0.5, 0.6) is 0 Å². The molecule has 5 rings (SSSR count). The van der Waals surface area contributed by atoms with Gasteiger partial charge in [-0.3, -0.25) is 4.79 Å². The van der Waals surface area contributed by atoms with Gasteiger partial charge in [-0.1, -0.05) is 72.8 Å². The van der Waals surface area contributed by atoms with Crippen molar-refractivity contribution in [3.8, 4) is 22.3 Å². The molecule has 0 saturated heterocycles. The molecule has 27 heavy (non-hydrogen) atoms. The van der Waals surface area contributed by atoms with Crippen LogP contribution in [0.2, 0.25) is 0 Å². The normalized spacial score (nSPS) is 11.1. The molecule has 128 valence electrons. The number of fused-ring (bicyclic) bond motifs is 2. The van der Waals surface area contributed by atoms with Gasteiger partial charge in [0, 0.05) is 0 Å². The maximum Gasteiger partial charge on any atom is 0.200 e. The first-order valence-electron chi connectivity index (χ1n) is 8.91. The monoisotopic (exact) mass is 348 g/mol. The van der Waals surface area contributed by atoms with E-state index in [1.54, 1.807) is 0 Å². The van der Waals surface area contributed by atoms with E-state index in [9.17, 15) is 4.79 Å². The SMILES string of the molecule is O=c1c2ccc(-c3ccccc3)cc2oc2ccc(-c3ccccc3)cc12. The minimum Gasteiger partial charge on any atom is -0.456 e. The van der Waals surface area contributed by atoms with Crippen molar-refractivity contribution in [1.29, 1.82) is 0 Å². The summed E-state index contributed by atoms with van der Waals surface area (Å²) in [5, 5.41) is 1.21. The van der Waals surface area contributed by atoms with Crippen molar-refractivity contribution < 1.29 is 4.42 Å². The Bertz CT molecular complexity index is 1320. The fraction of sp³-hybridized carbons (Fsp3) is 0. The number of benzene rings is 4. The summed E-state index contributed by atoms with van der Waals surface area (Å²) in [6.07, 6.45) is 0. The molecule has 5 aromatic rings. The van der Waals surface area contributed by atoms with Crippen LogP contribution in [0.25, 0.3) is 44.2 Å². The molecule has 2 nitrogen and oxygen atoms in total. The number of hydrogen-bond donors (Lipinski definition) is 0. The summed E-state index contributed by atoms with van der Waals surface area (Å²) >= 11 is 0. The van der Waals surface area contributed by atoms with Gasteiger partial charge in [0.25, 0.3) is 0 Å². The highest BCUT2D eigenvalue weighted by molar-refractivity contribution is 5.93. The van der Waals surface area contributed by atoms with Gasteiger partial charge in [-0.15, -0.1) is 0 Å². The van der Waals surface area contributed by atoms with Gasteiger partial charge < -0.3 is 4.42 Å². The summed E-state index contributed by atoms with van der Waals surface area (Å²) in [5.74, 6) is 0. The Morgan fingerprint density at radius 2 is 1.07 bits per heavy atom. The van der Waals surface area contributed by atoms with Crippen LogP contribution in [0.15, 0.2) is 106 Å². The van der Waals surface area contributed by atoms with E-state index >= 15 is 0 Å². The lowest BCUT2D eigenvalue weighted by Gasteiger charge is -2.07. The van der Waals surface area contributed by atoms with E-state index in [1.165, 1.54) is 0 Å². The molecule has 0 aliphatic heterocycles. The summed E-state index contributed by atoms with van der Waals surface area (Å²) in [6, 6.07) is 31.7. The lowest BCUT2D eigenvalue weighted by molar-refractivity contribution is 0.660. The van der Waals surface area contributed by atoms with Crippen molar-refractivity contribution in [3.05, 3.63) is 107 Å². The average Bonchev–Trinajstić information content (AvgIpc) is 2.75. The third-order valence-corrected chi connectivity index (χ3v) is 4.88. The van der Waals surface area contributed by atoms with Crippen molar-refractivity contribution in [2.24, 2.45) is 0 Å². The van der Waals surface area contributed by atoms with E-state index in [0.29, 0.717) is 21.9 Å². The van der Waals surface area contributed by atoms with Crippen LogP contribution in [-0.2, 0) is 0 Å². The predicted molar refractivity (Wildman–Crippen MR) is 111 cm³/mol. The van der Waals surface area contributed by atoms with Crippen molar-refractivity contribution >= 4 is 21.9 Å². The van der Waals surface area contributed by atoms with Crippen LogP contribution in [0.3, 0.4) is 0 Å². The topological polar surface area (TPSA) is 30.2 Å². The molecule has 0 atom stereocenters. The predicted octanol–water partition coefficient (Wildman–Crippen LogP) is 6.28. The fourth-order valence-corrected chi connectivity index (χ4v) is 3.47. The van der Waals surface area contributed by atoms with E-state index < -0.39 is 0 Å². The van der Waals surface area contributed by atoms with Crippen molar-refractivity contribution in [2.45, 2.75) is 0 Å². The van der Waals surface area contributed by atoms with Gasteiger partial charge in [-0.25, -0.2) is 0 Å². The molecule has 0 aliphatic carbocycles. The quantitative estimate of drug-likeness (QED) is 0.351. The highest BCUT2D eigenvalue weighted by Gasteiger charge is 2.10. The Morgan fingerprint density at radius 1 is 0.481 bits per heavy atom. The average molecular weight is 348 g/mol. The molecule has 1 aromatic heterocycles. The summed E-state index contributed by atoms with van der Waals surface area (Å²) in [4.78, 5) is 13.1.